The van der Waals surface area contributed by atoms with Crippen LogP contribution in [0.25, 0.3) is 0 Å². The van der Waals surface area contributed by atoms with Crippen LogP contribution in [0, 0.1) is 12.8 Å². The van der Waals surface area contributed by atoms with Crippen LogP contribution >= 0.6 is 0 Å². The Morgan fingerprint density at radius 1 is 1.33 bits per heavy atom. The zero-order valence-corrected chi connectivity index (χ0v) is 13.5. The third-order valence-corrected chi connectivity index (χ3v) is 3.68. The van der Waals surface area contributed by atoms with Crippen molar-refractivity contribution in [3.8, 4) is 0 Å². The average molecular weight is 290 g/mol. The number of rotatable bonds is 3. The quantitative estimate of drug-likeness (QED) is 0.862. The van der Waals surface area contributed by atoms with Gasteiger partial charge in [0.25, 0.3) is 0 Å². The van der Waals surface area contributed by atoms with Gasteiger partial charge >= 0.3 is 5.97 Å². The summed E-state index contributed by atoms with van der Waals surface area (Å²) in [6.07, 6.45) is 5.73. The van der Waals surface area contributed by atoms with E-state index in [9.17, 15) is 4.79 Å². The summed E-state index contributed by atoms with van der Waals surface area (Å²) in [5.74, 6) is 0.822. The van der Waals surface area contributed by atoms with Gasteiger partial charge in [-0.1, -0.05) is 12.5 Å². The molecule has 2 rings (SSSR count). The number of hydrogen-bond acceptors (Lipinski definition) is 4. The second-order valence-electron chi connectivity index (χ2n) is 6.96. The van der Waals surface area contributed by atoms with Crippen LogP contribution in [-0.4, -0.2) is 22.6 Å². The zero-order valence-electron chi connectivity index (χ0n) is 13.5. The molecule has 0 amide bonds. The number of anilines is 1. The maximum absolute atomic E-state index is 12.2. The lowest BCUT2D eigenvalue weighted by molar-refractivity contribution is -0.161. The van der Waals surface area contributed by atoms with Gasteiger partial charge in [0, 0.05) is 12.2 Å². The second kappa shape index (κ2) is 6.46. The first-order chi connectivity index (χ1) is 9.83. The number of hydrogen-bond donors (Lipinski definition) is 1. The highest BCUT2D eigenvalue weighted by Crippen LogP contribution is 2.28. The molecular weight excluding hydrogens is 264 g/mol. The number of esters is 1. The molecule has 1 saturated carbocycles. The topological polar surface area (TPSA) is 51.2 Å². The molecule has 0 aromatic carbocycles. The van der Waals surface area contributed by atoms with Gasteiger partial charge in [-0.15, -0.1) is 0 Å². The van der Waals surface area contributed by atoms with Gasteiger partial charge in [0.1, 0.15) is 11.4 Å². The molecule has 0 spiro atoms. The van der Waals surface area contributed by atoms with E-state index in [2.05, 4.69) is 10.3 Å². The van der Waals surface area contributed by atoms with Crippen molar-refractivity contribution in [2.75, 3.05) is 5.32 Å². The predicted molar refractivity (Wildman–Crippen MR) is 84.2 cm³/mol. The number of aromatic nitrogens is 1. The van der Waals surface area contributed by atoms with Crippen LogP contribution in [0.2, 0.25) is 0 Å². The van der Waals surface area contributed by atoms with Crippen molar-refractivity contribution in [2.45, 2.75) is 65.0 Å². The number of nitrogens with zero attached hydrogens (tertiary/aromatic N) is 1. The maximum atomic E-state index is 12.2. The van der Waals surface area contributed by atoms with Crippen LogP contribution in [0.1, 0.15) is 52.0 Å². The molecule has 1 aliphatic rings. The number of nitrogens with one attached hydrogen (secondary N) is 1. The summed E-state index contributed by atoms with van der Waals surface area (Å²) < 4.78 is 5.51. The van der Waals surface area contributed by atoms with Gasteiger partial charge in [-0.05, 0) is 58.6 Å². The summed E-state index contributed by atoms with van der Waals surface area (Å²) in [5, 5.41) is 3.44. The molecule has 0 saturated heterocycles. The largest absolute Gasteiger partial charge is 0.460 e. The monoisotopic (exact) mass is 290 g/mol. The molecule has 1 N–H and O–H groups in total. The van der Waals surface area contributed by atoms with Gasteiger partial charge < -0.3 is 10.1 Å². The Kier molecular flexibility index (Phi) is 4.86. The molecule has 2 atom stereocenters. The van der Waals surface area contributed by atoms with Crippen molar-refractivity contribution in [3.63, 3.8) is 0 Å². The van der Waals surface area contributed by atoms with Crippen LogP contribution in [0.15, 0.2) is 18.3 Å². The molecular formula is C17H26N2O2. The lowest BCUT2D eigenvalue weighted by atomic mass is 9.85. The molecule has 1 aliphatic carbocycles. The Morgan fingerprint density at radius 2 is 2.10 bits per heavy atom. The van der Waals surface area contributed by atoms with E-state index in [0.717, 1.165) is 37.1 Å². The molecule has 1 aromatic heterocycles. The number of ether oxygens (including phenoxy) is 1. The third kappa shape index (κ3) is 5.03. The van der Waals surface area contributed by atoms with E-state index >= 15 is 0 Å². The summed E-state index contributed by atoms with van der Waals surface area (Å²) in [5.41, 5.74) is 0.742. The average Bonchev–Trinajstić information content (AvgIpc) is 2.40. The molecule has 0 aliphatic heterocycles. The van der Waals surface area contributed by atoms with E-state index in [4.69, 9.17) is 4.74 Å². The van der Waals surface area contributed by atoms with Crippen molar-refractivity contribution < 1.29 is 9.53 Å². The predicted octanol–water partition coefficient (Wildman–Crippen LogP) is 3.70. The Balaban J connectivity index is 1.91. The van der Waals surface area contributed by atoms with Crippen LogP contribution in [0.4, 0.5) is 5.82 Å². The van der Waals surface area contributed by atoms with E-state index in [-0.39, 0.29) is 11.9 Å². The molecule has 0 radical (unpaired) electrons. The summed E-state index contributed by atoms with van der Waals surface area (Å²) >= 11 is 0. The highest BCUT2D eigenvalue weighted by atomic mass is 16.6. The van der Waals surface area contributed by atoms with Crippen molar-refractivity contribution >= 4 is 11.8 Å². The van der Waals surface area contributed by atoms with Gasteiger partial charge in [-0.25, -0.2) is 4.98 Å². The Labute approximate surface area is 127 Å². The fourth-order valence-corrected chi connectivity index (χ4v) is 2.68. The van der Waals surface area contributed by atoms with Crippen molar-refractivity contribution in [1.82, 2.24) is 4.98 Å². The van der Waals surface area contributed by atoms with Crippen LogP contribution < -0.4 is 5.32 Å². The molecule has 0 unspecified atom stereocenters. The number of carbonyl (C=O) groups excluding carboxylic acids is 1. The normalized spacial score (nSPS) is 22.7. The van der Waals surface area contributed by atoms with Crippen LogP contribution in [0.5, 0.6) is 0 Å². The van der Waals surface area contributed by atoms with Gasteiger partial charge in [0.2, 0.25) is 0 Å². The van der Waals surface area contributed by atoms with Crippen molar-refractivity contribution in [1.29, 1.82) is 0 Å². The van der Waals surface area contributed by atoms with Gasteiger partial charge in [-0.2, -0.15) is 0 Å². The SMILES string of the molecule is Cc1ccc(N[C@H]2CCC[C@@H](C(=O)OC(C)(C)C)C2)nc1. The van der Waals surface area contributed by atoms with Crippen LogP contribution in [0.3, 0.4) is 0 Å². The lowest BCUT2D eigenvalue weighted by Crippen LogP contribution is -2.35. The van der Waals surface area contributed by atoms with E-state index in [1.54, 1.807) is 0 Å². The second-order valence-corrected chi connectivity index (χ2v) is 6.96. The smallest absolute Gasteiger partial charge is 0.309 e. The molecule has 1 heterocycles. The lowest BCUT2D eigenvalue weighted by Gasteiger charge is -2.31. The summed E-state index contributed by atoms with van der Waals surface area (Å²) in [6, 6.07) is 4.34. The van der Waals surface area contributed by atoms with Gasteiger partial charge in [0.05, 0.1) is 5.92 Å². The Hall–Kier alpha value is -1.58. The standard InChI is InChI=1S/C17H26N2O2/c1-12-8-9-15(18-11-12)19-14-7-5-6-13(10-14)16(20)21-17(2,3)4/h8-9,11,13-14H,5-7,10H2,1-4H3,(H,18,19)/t13-,14+/m1/s1. The Bertz CT molecular complexity index is 477. The molecule has 1 aromatic rings. The summed E-state index contributed by atoms with van der Waals surface area (Å²) in [6.45, 7) is 7.77. The fraction of sp³-hybridized carbons (Fsp3) is 0.647. The van der Waals surface area contributed by atoms with E-state index in [0.29, 0.717) is 6.04 Å². The minimum absolute atomic E-state index is 0.000855. The first kappa shape index (κ1) is 15.8. The van der Waals surface area contributed by atoms with E-state index in [1.165, 1.54) is 0 Å². The minimum Gasteiger partial charge on any atom is -0.460 e. The molecule has 4 heteroatoms. The number of aryl methyl sites for hydroxylation is 1. The molecule has 0 bridgehead atoms. The molecule has 116 valence electrons. The molecule has 21 heavy (non-hydrogen) atoms. The van der Waals surface area contributed by atoms with Gasteiger partial charge in [0.15, 0.2) is 0 Å². The third-order valence-electron chi connectivity index (χ3n) is 3.68. The fourth-order valence-electron chi connectivity index (χ4n) is 2.68. The number of carbonyl (C=O) groups is 1. The van der Waals surface area contributed by atoms with Gasteiger partial charge in [-0.3, -0.25) is 4.79 Å². The van der Waals surface area contributed by atoms with E-state index in [1.807, 2.05) is 46.0 Å². The Morgan fingerprint density at radius 3 is 2.71 bits per heavy atom. The van der Waals surface area contributed by atoms with Crippen LogP contribution in [-0.2, 0) is 9.53 Å². The molecule has 1 fully saturated rings. The summed E-state index contributed by atoms with van der Waals surface area (Å²) in [7, 11) is 0. The number of pyridine rings is 1. The first-order valence-corrected chi connectivity index (χ1v) is 7.75. The van der Waals surface area contributed by atoms with Crippen molar-refractivity contribution in [2.24, 2.45) is 5.92 Å². The first-order valence-electron chi connectivity index (χ1n) is 7.75. The maximum Gasteiger partial charge on any atom is 0.309 e. The highest BCUT2D eigenvalue weighted by Gasteiger charge is 2.30. The zero-order chi connectivity index (χ0) is 15.5. The van der Waals surface area contributed by atoms with Crippen molar-refractivity contribution in [3.05, 3.63) is 23.9 Å². The minimum atomic E-state index is -0.407. The summed E-state index contributed by atoms with van der Waals surface area (Å²) in [4.78, 5) is 16.6. The molecule has 4 nitrogen and oxygen atoms in total. The van der Waals surface area contributed by atoms with E-state index < -0.39 is 5.60 Å². The highest BCUT2D eigenvalue weighted by molar-refractivity contribution is 5.73.